The van der Waals surface area contributed by atoms with Crippen LogP contribution in [0.2, 0.25) is 0 Å². The molecule has 1 aromatic rings. The maximum Gasteiger partial charge on any atom is 0.153 e. The van der Waals surface area contributed by atoms with Crippen molar-refractivity contribution in [1.29, 1.82) is 0 Å². The van der Waals surface area contributed by atoms with E-state index in [1.165, 1.54) is 11.8 Å². The first kappa shape index (κ1) is 10.3. The van der Waals surface area contributed by atoms with E-state index in [9.17, 15) is 0 Å². The first-order valence-corrected chi connectivity index (χ1v) is 5.35. The normalized spacial score (nSPS) is 10.6. The third-order valence-electron chi connectivity index (χ3n) is 1.52. The molecule has 0 aliphatic carbocycles. The van der Waals surface area contributed by atoms with E-state index in [0.29, 0.717) is 4.32 Å². The van der Waals surface area contributed by atoms with Gasteiger partial charge in [-0.3, -0.25) is 5.43 Å². The van der Waals surface area contributed by atoms with Crippen molar-refractivity contribution in [3.63, 3.8) is 0 Å². The molecule has 70 valence electrons. The molecule has 0 bridgehead atoms. The van der Waals surface area contributed by atoms with Crippen LogP contribution in [0.15, 0.2) is 23.4 Å². The van der Waals surface area contributed by atoms with Crippen LogP contribution in [-0.2, 0) is 7.05 Å². The number of nitrogens with zero attached hydrogens (tertiary/aromatic N) is 2. The van der Waals surface area contributed by atoms with Gasteiger partial charge in [-0.15, -0.1) is 0 Å². The number of thioether (sulfide) groups is 1. The van der Waals surface area contributed by atoms with Crippen LogP contribution in [0.5, 0.6) is 0 Å². The molecular formula is C8H11N3S2. The highest BCUT2D eigenvalue weighted by atomic mass is 32.2. The van der Waals surface area contributed by atoms with E-state index in [2.05, 4.69) is 10.5 Å². The Bertz CT molecular complexity index is 317. The molecule has 0 saturated carbocycles. The summed E-state index contributed by atoms with van der Waals surface area (Å²) in [7, 11) is 1.97. The molecule has 5 heteroatoms. The minimum atomic E-state index is 0.672. The third kappa shape index (κ3) is 3.20. The summed E-state index contributed by atoms with van der Waals surface area (Å²) < 4.78 is 2.65. The highest BCUT2D eigenvalue weighted by Gasteiger charge is 1.91. The predicted molar refractivity (Wildman–Crippen MR) is 62.3 cm³/mol. The maximum atomic E-state index is 4.91. The zero-order valence-electron chi connectivity index (χ0n) is 7.52. The molecule has 1 aromatic heterocycles. The fourth-order valence-electron chi connectivity index (χ4n) is 0.805. The second-order valence-corrected chi connectivity index (χ2v) is 3.89. The Morgan fingerprint density at radius 2 is 2.54 bits per heavy atom. The molecule has 13 heavy (non-hydrogen) atoms. The number of hydrazone groups is 1. The Balaban J connectivity index is 2.50. The molecular weight excluding hydrogens is 202 g/mol. The summed E-state index contributed by atoms with van der Waals surface area (Å²) in [6, 6.07) is 3.95. The Kier molecular flexibility index (Phi) is 3.98. The van der Waals surface area contributed by atoms with Gasteiger partial charge in [0.05, 0.1) is 11.9 Å². The zero-order valence-corrected chi connectivity index (χ0v) is 9.15. The van der Waals surface area contributed by atoms with Gasteiger partial charge >= 0.3 is 0 Å². The van der Waals surface area contributed by atoms with Crippen LogP contribution in [0.1, 0.15) is 5.69 Å². The lowest BCUT2D eigenvalue weighted by Gasteiger charge is -1.97. The number of nitrogens with one attached hydrogen (secondary N) is 1. The van der Waals surface area contributed by atoms with Crippen LogP contribution in [0.25, 0.3) is 0 Å². The predicted octanol–water partition coefficient (Wildman–Crippen LogP) is 1.60. The number of rotatable bonds is 2. The third-order valence-corrected chi connectivity index (χ3v) is 2.58. The van der Waals surface area contributed by atoms with Gasteiger partial charge in [-0.2, -0.15) is 5.10 Å². The zero-order chi connectivity index (χ0) is 9.68. The SMILES string of the molecule is CSC(=S)NN=Cc1cccn1C. The smallest absolute Gasteiger partial charge is 0.153 e. The minimum Gasteiger partial charge on any atom is -0.350 e. The van der Waals surface area contributed by atoms with E-state index in [4.69, 9.17) is 12.2 Å². The van der Waals surface area contributed by atoms with E-state index in [0.717, 1.165) is 5.69 Å². The van der Waals surface area contributed by atoms with Crippen LogP contribution >= 0.6 is 24.0 Å². The van der Waals surface area contributed by atoms with Crippen molar-refractivity contribution in [1.82, 2.24) is 9.99 Å². The molecule has 0 aliphatic rings. The van der Waals surface area contributed by atoms with Crippen molar-refractivity contribution < 1.29 is 0 Å². The molecule has 0 amide bonds. The van der Waals surface area contributed by atoms with Gasteiger partial charge in [0.1, 0.15) is 0 Å². The lowest BCUT2D eigenvalue weighted by atomic mass is 10.5. The summed E-state index contributed by atoms with van der Waals surface area (Å²) in [5.41, 5.74) is 3.79. The van der Waals surface area contributed by atoms with Gasteiger partial charge in [-0.25, -0.2) is 0 Å². The summed E-state index contributed by atoms with van der Waals surface area (Å²) >= 11 is 6.38. The molecule has 1 rings (SSSR count). The van der Waals surface area contributed by atoms with Crippen molar-refractivity contribution in [2.24, 2.45) is 12.1 Å². The van der Waals surface area contributed by atoms with Gasteiger partial charge in [0.15, 0.2) is 4.32 Å². The quantitative estimate of drug-likeness (QED) is 0.459. The first-order valence-electron chi connectivity index (χ1n) is 3.72. The molecule has 0 saturated heterocycles. The lowest BCUT2D eigenvalue weighted by Crippen LogP contribution is -2.10. The van der Waals surface area contributed by atoms with E-state index in [-0.39, 0.29) is 0 Å². The van der Waals surface area contributed by atoms with Gasteiger partial charge in [-0.05, 0) is 18.4 Å². The second kappa shape index (κ2) is 5.04. The minimum absolute atomic E-state index is 0.672. The van der Waals surface area contributed by atoms with Gasteiger partial charge in [0.25, 0.3) is 0 Å². The van der Waals surface area contributed by atoms with Crippen LogP contribution in [-0.4, -0.2) is 21.4 Å². The Morgan fingerprint density at radius 1 is 1.77 bits per heavy atom. The average molecular weight is 213 g/mol. The molecule has 0 fully saturated rings. The fourth-order valence-corrected chi connectivity index (χ4v) is 1.00. The van der Waals surface area contributed by atoms with Gasteiger partial charge in [-0.1, -0.05) is 24.0 Å². The standard InChI is InChI=1S/C8H11N3S2/c1-11-5-3-4-7(11)6-9-10-8(12)13-2/h3-6H,1-2H3,(H,10,12). The van der Waals surface area contributed by atoms with Gasteiger partial charge in [0.2, 0.25) is 0 Å². The topological polar surface area (TPSA) is 29.3 Å². The number of thiocarbonyl (C=S) groups is 1. The molecule has 0 aliphatic heterocycles. The van der Waals surface area contributed by atoms with Gasteiger partial charge < -0.3 is 4.57 Å². The number of aromatic nitrogens is 1. The summed E-state index contributed by atoms with van der Waals surface area (Å²) in [5.74, 6) is 0. The number of hydrogen-bond donors (Lipinski definition) is 1. The molecule has 0 aromatic carbocycles. The Labute approximate surface area is 87.2 Å². The molecule has 1 N–H and O–H groups in total. The summed E-state index contributed by atoms with van der Waals surface area (Å²) in [4.78, 5) is 0. The summed E-state index contributed by atoms with van der Waals surface area (Å²) in [5, 5.41) is 3.99. The molecule has 0 spiro atoms. The highest BCUT2D eigenvalue weighted by molar-refractivity contribution is 8.22. The van der Waals surface area contributed by atoms with Crippen LogP contribution in [0.3, 0.4) is 0 Å². The summed E-state index contributed by atoms with van der Waals surface area (Å²) in [6.45, 7) is 0. The van der Waals surface area contributed by atoms with Crippen molar-refractivity contribution in [3.8, 4) is 0 Å². The van der Waals surface area contributed by atoms with Crippen LogP contribution < -0.4 is 5.43 Å². The maximum absolute atomic E-state index is 4.91. The van der Waals surface area contributed by atoms with Crippen LogP contribution in [0.4, 0.5) is 0 Å². The van der Waals surface area contributed by atoms with E-state index in [1.54, 1.807) is 6.21 Å². The van der Waals surface area contributed by atoms with Crippen molar-refractivity contribution in [2.45, 2.75) is 0 Å². The number of aryl methyl sites for hydroxylation is 1. The molecule has 3 nitrogen and oxygen atoms in total. The summed E-state index contributed by atoms with van der Waals surface area (Å²) in [6.07, 6.45) is 5.62. The first-order chi connectivity index (χ1) is 6.24. The monoisotopic (exact) mass is 213 g/mol. The van der Waals surface area contributed by atoms with Gasteiger partial charge in [0, 0.05) is 13.2 Å². The molecule has 0 atom stereocenters. The average Bonchev–Trinajstić information content (AvgIpc) is 2.52. The van der Waals surface area contributed by atoms with E-state index in [1.807, 2.05) is 36.2 Å². The van der Waals surface area contributed by atoms with Crippen LogP contribution in [0, 0.1) is 0 Å². The highest BCUT2D eigenvalue weighted by Crippen LogP contribution is 1.96. The molecule has 0 unspecified atom stereocenters. The van der Waals surface area contributed by atoms with Crippen molar-refractivity contribution in [2.75, 3.05) is 6.26 Å². The molecule has 1 heterocycles. The Hall–Kier alpha value is -0.810. The fraction of sp³-hybridized carbons (Fsp3) is 0.250. The van der Waals surface area contributed by atoms with E-state index >= 15 is 0 Å². The Morgan fingerprint density at radius 3 is 3.08 bits per heavy atom. The molecule has 0 radical (unpaired) electrons. The lowest BCUT2D eigenvalue weighted by molar-refractivity contribution is 0.914. The second-order valence-electron chi connectivity index (χ2n) is 2.41. The van der Waals surface area contributed by atoms with E-state index < -0.39 is 0 Å². The van der Waals surface area contributed by atoms with Crippen molar-refractivity contribution >= 4 is 34.5 Å². The largest absolute Gasteiger partial charge is 0.350 e. The number of hydrogen-bond acceptors (Lipinski definition) is 3. The van der Waals surface area contributed by atoms with Crippen molar-refractivity contribution in [3.05, 3.63) is 24.0 Å².